The van der Waals surface area contributed by atoms with E-state index >= 15 is 0 Å². The van der Waals surface area contributed by atoms with Crippen molar-refractivity contribution in [3.8, 4) is 5.75 Å². The van der Waals surface area contributed by atoms with Crippen LogP contribution in [0.4, 0.5) is 5.13 Å². The molecular weight excluding hydrogens is 314 g/mol. The Hall–Kier alpha value is -2.41. The minimum absolute atomic E-state index is 0.341. The number of rotatable bonds is 7. The fourth-order valence-corrected chi connectivity index (χ4v) is 2.65. The van der Waals surface area contributed by atoms with Gasteiger partial charge in [-0.1, -0.05) is 23.5 Å². The first-order valence-electron chi connectivity index (χ1n) is 7.30. The lowest BCUT2D eigenvalue weighted by atomic mass is 10.2. The molecule has 0 radical (unpaired) electrons. The van der Waals surface area contributed by atoms with Crippen molar-refractivity contribution in [1.29, 1.82) is 0 Å². The maximum Gasteiger partial charge on any atom is 0.350 e. The highest BCUT2D eigenvalue weighted by Gasteiger charge is 2.15. The number of carbonyl (C=O) groups is 1. The van der Waals surface area contributed by atoms with Crippen LogP contribution in [0.15, 0.2) is 29.4 Å². The molecule has 0 atom stereocenters. The van der Waals surface area contributed by atoms with Crippen molar-refractivity contribution in [2.45, 2.75) is 20.8 Å². The topological polar surface area (TPSA) is 72.8 Å². The zero-order chi connectivity index (χ0) is 16.7. The Morgan fingerprint density at radius 1 is 1.39 bits per heavy atom. The molecule has 1 heterocycles. The van der Waals surface area contributed by atoms with Crippen LogP contribution in [0.5, 0.6) is 5.75 Å². The van der Waals surface area contributed by atoms with Crippen LogP contribution in [0.25, 0.3) is 0 Å². The minimum atomic E-state index is -0.357. The highest BCUT2D eigenvalue weighted by atomic mass is 32.1. The molecule has 6 nitrogen and oxygen atoms in total. The largest absolute Gasteiger partial charge is 0.494 e. The molecule has 0 fully saturated rings. The smallest absolute Gasteiger partial charge is 0.350 e. The van der Waals surface area contributed by atoms with Crippen LogP contribution in [0.2, 0.25) is 0 Å². The van der Waals surface area contributed by atoms with Gasteiger partial charge in [0.2, 0.25) is 5.13 Å². The van der Waals surface area contributed by atoms with Crippen LogP contribution >= 0.6 is 11.3 Å². The number of benzene rings is 1. The van der Waals surface area contributed by atoms with Crippen LogP contribution in [-0.2, 0) is 4.74 Å². The number of hydrazone groups is 1. The number of aromatic nitrogens is 1. The van der Waals surface area contributed by atoms with Gasteiger partial charge in [-0.15, -0.1) is 0 Å². The van der Waals surface area contributed by atoms with E-state index in [4.69, 9.17) is 9.47 Å². The van der Waals surface area contributed by atoms with E-state index in [1.165, 1.54) is 11.3 Å². The van der Waals surface area contributed by atoms with Gasteiger partial charge in [-0.2, -0.15) is 5.10 Å². The van der Waals surface area contributed by atoms with Gasteiger partial charge in [0.25, 0.3) is 0 Å². The fraction of sp³-hybridized carbons (Fsp3) is 0.312. The van der Waals surface area contributed by atoms with Gasteiger partial charge in [0, 0.05) is 0 Å². The quantitative estimate of drug-likeness (QED) is 0.477. The lowest BCUT2D eigenvalue weighted by Gasteiger charge is -2.02. The predicted molar refractivity (Wildman–Crippen MR) is 91.6 cm³/mol. The van der Waals surface area contributed by atoms with E-state index in [-0.39, 0.29) is 5.97 Å². The first-order valence-corrected chi connectivity index (χ1v) is 8.12. The number of hydrogen-bond donors (Lipinski definition) is 1. The molecular formula is C16H19N3O3S. The average molecular weight is 333 g/mol. The Bertz CT molecular complexity index is 698. The van der Waals surface area contributed by atoms with Crippen molar-refractivity contribution >= 4 is 28.7 Å². The van der Waals surface area contributed by atoms with Gasteiger partial charge < -0.3 is 9.47 Å². The highest BCUT2D eigenvalue weighted by molar-refractivity contribution is 7.17. The van der Waals surface area contributed by atoms with Crippen molar-refractivity contribution in [1.82, 2.24) is 4.98 Å². The Balaban J connectivity index is 2.02. The first kappa shape index (κ1) is 17.0. The first-order chi connectivity index (χ1) is 11.1. The third kappa shape index (κ3) is 4.79. The molecule has 23 heavy (non-hydrogen) atoms. The number of carbonyl (C=O) groups excluding carboxylic acids is 1. The zero-order valence-corrected chi connectivity index (χ0v) is 14.1. The second kappa shape index (κ2) is 8.28. The number of aryl methyl sites for hydroxylation is 1. The summed E-state index contributed by atoms with van der Waals surface area (Å²) < 4.78 is 10.4. The summed E-state index contributed by atoms with van der Waals surface area (Å²) in [7, 11) is 0. The van der Waals surface area contributed by atoms with Crippen molar-refractivity contribution in [2.75, 3.05) is 18.6 Å². The van der Waals surface area contributed by atoms with E-state index in [1.807, 2.05) is 31.2 Å². The maximum absolute atomic E-state index is 11.7. The van der Waals surface area contributed by atoms with Crippen LogP contribution in [-0.4, -0.2) is 30.4 Å². The van der Waals surface area contributed by atoms with Gasteiger partial charge in [0.05, 0.1) is 25.1 Å². The Labute approximate surface area is 139 Å². The summed E-state index contributed by atoms with van der Waals surface area (Å²) in [5, 5.41) is 4.68. The molecule has 0 bridgehead atoms. The number of hydrogen-bond acceptors (Lipinski definition) is 7. The number of esters is 1. The summed E-state index contributed by atoms with van der Waals surface area (Å²) in [6, 6.07) is 7.61. The molecule has 0 saturated heterocycles. The lowest BCUT2D eigenvalue weighted by molar-refractivity contribution is 0.0531. The Morgan fingerprint density at radius 3 is 2.96 bits per heavy atom. The molecule has 1 N–H and O–H groups in total. The predicted octanol–water partition coefficient (Wildman–Crippen LogP) is 3.47. The van der Waals surface area contributed by atoms with Crippen LogP contribution < -0.4 is 10.2 Å². The van der Waals surface area contributed by atoms with Gasteiger partial charge in [-0.3, -0.25) is 5.43 Å². The van der Waals surface area contributed by atoms with E-state index in [2.05, 4.69) is 15.5 Å². The molecule has 1 aromatic heterocycles. The monoisotopic (exact) mass is 333 g/mol. The summed E-state index contributed by atoms with van der Waals surface area (Å²) in [6.07, 6.45) is 1.67. The fourth-order valence-electron chi connectivity index (χ4n) is 1.84. The molecule has 2 aromatic rings. The number of anilines is 1. The summed E-state index contributed by atoms with van der Waals surface area (Å²) in [5.41, 5.74) is 4.37. The van der Waals surface area contributed by atoms with Gasteiger partial charge in [-0.25, -0.2) is 9.78 Å². The third-order valence-electron chi connectivity index (χ3n) is 2.80. The number of ether oxygens (including phenoxy) is 2. The third-order valence-corrected chi connectivity index (χ3v) is 3.84. The summed E-state index contributed by atoms with van der Waals surface area (Å²) in [6.45, 7) is 6.44. The van der Waals surface area contributed by atoms with Crippen molar-refractivity contribution in [3.05, 3.63) is 40.4 Å². The zero-order valence-electron chi connectivity index (χ0n) is 13.3. The van der Waals surface area contributed by atoms with Gasteiger partial charge in [0.15, 0.2) is 0 Å². The second-order valence-corrected chi connectivity index (χ2v) is 5.53. The molecule has 1 aromatic carbocycles. The molecule has 0 aliphatic heterocycles. The minimum Gasteiger partial charge on any atom is -0.494 e. The van der Waals surface area contributed by atoms with Crippen molar-refractivity contribution < 1.29 is 14.3 Å². The number of nitrogens with one attached hydrogen (secondary N) is 1. The molecule has 0 unspecified atom stereocenters. The van der Waals surface area contributed by atoms with Crippen LogP contribution in [0, 0.1) is 6.92 Å². The SMILES string of the molecule is CCOC(=O)c1sc(N/N=C/c2cccc(OCC)c2)nc1C. The number of thiazole rings is 1. The number of nitrogens with zero attached hydrogens (tertiary/aromatic N) is 2. The molecule has 0 spiro atoms. The summed E-state index contributed by atoms with van der Waals surface area (Å²) in [5.74, 6) is 0.440. The van der Waals surface area contributed by atoms with Crippen molar-refractivity contribution in [2.24, 2.45) is 5.10 Å². The molecule has 0 saturated carbocycles. The molecule has 0 aliphatic carbocycles. The highest BCUT2D eigenvalue weighted by Crippen LogP contribution is 2.23. The van der Waals surface area contributed by atoms with Gasteiger partial charge >= 0.3 is 5.97 Å². The Kier molecular flexibility index (Phi) is 6.10. The van der Waals surface area contributed by atoms with Gasteiger partial charge in [0.1, 0.15) is 10.6 Å². The maximum atomic E-state index is 11.7. The molecule has 0 amide bonds. The average Bonchev–Trinajstić information content (AvgIpc) is 2.89. The van der Waals surface area contributed by atoms with E-state index in [0.717, 1.165) is 11.3 Å². The van der Waals surface area contributed by atoms with Gasteiger partial charge in [-0.05, 0) is 38.5 Å². The summed E-state index contributed by atoms with van der Waals surface area (Å²) >= 11 is 1.22. The van der Waals surface area contributed by atoms with E-state index < -0.39 is 0 Å². The van der Waals surface area contributed by atoms with Crippen molar-refractivity contribution in [3.63, 3.8) is 0 Å². The van der Waals surface area contributed by atoms with Crippen LogP contribution in [0.3, 0.4) is 0 Å². The Morgan fingerprint density at radius 2 is 2.22 bits per heavy atom. The molecule has 0 aliphatic rings. The van der Waals surface area contributed by atoms with E-state index in [0.29, 0.717) is 28.9 Å². The van der Waals surface area contributed by atoms with Crippen LogP contribution in [0.1, 0.15) is 34.8 Å². The normalized spacial score (nSPS) is 10.7. The van der Waals surface area contributed by atoms with E-state index in [9.17, 15) is 4.79 Å². The van der Waals surface area contributed by atoms with E-state index in [1.54, 1.807) is 20.1 Å². The molecule has 122 valence electrons. The second-order valence-electron chi connectivity index (χ2n) is 4.53. The standard InChI is InChI=1S/C16H19N3O3S/c1-4-21-13-8-6-7-12(9-13)10-17-19-16-18-11(3)14(23-16)15(20)22-5-2/h6-10H,4-5H2,1-3H3,(H,18,19)/b17-10+. The molecule has 2 rings (SSSR count). The molecule has 7 heteroatoms. The lowest BCUT2D eigenvalue weighted by Crippen LogP contribution is -2.03. The summed E-state index contributed by atoms with van der Waals surface area (Å²) in [4.78, 5) is 16.5.